The molecule has 0 amide bonds. The van der Waals surface area contributed by atoms with E-state index in [2.05, 4.69) is 81.5 Å². The van der Waals surface area contributed by atoms with E-state index in [0.717, 1.165) is 103 Å². The van der Waals surface area contributed by atoms with Crippen LogP contribution in [-0.2, 0) is 28.6 Å². The van der Waals surface area contributed by atoms with E-state index in [1.807, 2.05) is 0 Å². The highest BCUT2D eigenvalue weighted by Gasteiger charge is 2.19. The summed E-state index contributed by atoms with van der Waals surface area (Å²) in [6.07, 6.45) is 85.5. The molecule has 0 bridgehead atoms. The van der Waals surface area contributed by atoms with Crippen LogP contribution in [0.5, 0.6) is 0 Å². The van der Waals surface area contributed by atoms with Crippen LogP contribution < -0.4 is 0 Å². The van der Waals surface area contributed by atoms with Crippen molar-refractivity contribution in [3.05, 3.63) is 60.8 Å². The molecular formula is C72H130O6. The summed E-state index contributed by atoms with van der Waals surface area (Å²) >= 11 is 0. The fourth-order valence-corrected chi connectivity index (χ4v) is 10.1. The summed E-state index contributed by atoms with van der Waals surface area (Å²) < 4.78 is 16.9. The number of rotatable bonds is 63. The minimum atomic E-state index is -0.786. The van der Waals surface area contributed by atoms with E-state index in [-0.39, 0.29) is 31.1 Å². The van der Waals surface area contributed by atoms with Crippen LogP contribution >= 0.6 is 0 Å². The van der Waals surface area contributed by atoms with Gasteiger partial charge >= 0.3 is 17.9 Å². The second-order valence-electron chi connectivity index (χ2n) is 23.1. The SMILES string of the molecule is CC/C=C\C/C=C\C/C=C\CCCCCCCC(=O)OC(COC(=O)CCCCCCC/C=C\CCCCCCC)COC(=O)CCCCCCCCCCCCCCCCCCCCC/C=C\CCCCCCCCCC. The zero-order valence-corrected chi connectivity index (χ0v) is 52.2. The second-order valence-corrected chi connectivity index (χ2v) is 23.1. The molecule has 0 spiro atoms. The largest absolute Gasteiger partial charge is 0.462 e. The summed E-state index contributed by atoms with van der Waals surface area (Å²) in [5.74, 6) is -0.889. The van der Waals surface area contributed by atoms with Crippen molar-refractivity contribution in [3.63, 3.8) is 0 Å². The number of hydrogen-bond acceptors (Lipinski definition) is 6. The van der Waals surface area contributed by atoms with Gasteiger partial charge in [0.25, 0.3) is 0 Å². The van der Waals surface area contributed by atoms with Crippen LogP contribution in [0.15, 0.2) is 60.8 Å². The van der Waals surface area contributed by atoms with Gasteiger partial charge in [-0.15, -0.1) is 0 Å². The molecule has 6 nitrogen and oxygen atoms in total. The fraction of sp³-hybridized carbons (Fsp3) is 0.819. The number of unbranched alkanes of at least 4 members (excludes halogenated alkanes) is 42. The zero-order valence-electron chi connectivity index (χ0n) is 52.2. The van der Waals surface area contributed by atoms with Crippen molar-refractivity contribution < 1.29 is 28.6 Å². The van der Waals surface area contributed by atoms with E-state index in [9.17, 15) is 14.4 Å². The highest BCUT2D eigenvalue weighted by atomic mass is 16.6. The predicted octanol–water partition coefficient (Wildman–Crippen LogP) is 23.5. The monoisotopic (exact) mass is 1090 g/mol. The molecule has 454 valence electrons. The van der Waals surface area contributed by atoms with E-state index < -0.39 is 6.10 Å². The van der Waals surface area contributed by atoms with E-state index in [1.165, 1.54) is 218 Å². The van der Waals surface area contributed by atoms with Crippen LogP contribution in [0.3, 0.4) is 0 Å². The molecule has 0 aliphatic carbocycles. The zero-order chi connectivity index (χ0) is 56.4. The lowest BCUT2D eigenvalue weighted by atomic mass is 10.0. The molecule has 1 unspecified atom stereocenters. The maximum Gasteiger partial charge on any atom is 0.306 e. The normalized spacial score (nSPS) is 12.4. The summed E-state index contributed by atoms with van der Waals surface area (Å²) in [4.78, 5) is 38.3. The van der Waals surface area contributed by atoms with Crippen molar-refractivity contribution >= 4 is 17.9 Å². The smallest absolute Gasteiger partial charge is 0.306 e. The maximum atomic E-state index is 12.9. The molecule has 0 radical (unpaired) electrons. The van der Waals surface area contributed by atoms with Crippen LogP contribution in [0.4, 0.5) is 0 Å². The molecule has 0 aliphatic rings. The van der Waals surface area contributed by atoms with Gasteiger partial charge in [-0.2, -0.15) is 0 Å². The number of ether oxygens (including phenoxy) is 3. The molecule has 0 saturated carbocycles. The van der Waals surface area contributed by atoms with E-state index in [1.54, 1.807) is 0 Å². The van der Waals surface area contributed by atoms with Crippen LogP contribution in [0.25, 0.3) is 0 Å². The first-order chi connectivity index (χ1) is 38.5. The molecule has 0 heterocycles. The molecule has 78 heavy (non-hydrogen) atoms. The third-order valence-corrected chi connectivity index (χ3v) is 15.2. The average Bonchev–Trinajstić information content (AvgIpc) is 3.44. The average molecular weight is 1090 g/mol. The first kappa shape index (κ1) is 75.1. The third kappa shape index (κ3) is 63.9. The highest BCUT2D eigenvalue weighted by molar-refractivity contribution is 5.71. The lowest BCUT2D eigenvalue weighted by molar-refractivity contribution is -0.167. The van der Waals surface area contributed by atoms with E-state index >= 15 is 0 Å². The molecular weight excluding hydrogens is 961 g/mol. The Morgan fingerprint density at radius 3 is 0.795 bits per heavy atom. The molecule has 6 heteroatoms. The molecule has 0 N–H and O–H groups in total. The maximum absolute atomic E-state index is 12.9. The number of allylic oxidation sites excluding steroid dienone is 10. The van der Waals surface area contributed by atoms with Crippen molar-refractivity contribution in [2.45, 2.75) is 367 Å². The van der Waals surface area contributed by atoms with Crippen LogP contribution in [0.1, 0.15) is 361 Å². The van der Waals surface area contributed by atoms with Gasteiger partial charge in [-0.3, -0.25) is 14.4 Å². The van der Waals surface area contributed by atoms with Crippen LogP contribution in [-0.4, -0.2) is 37.2 Å². The summed E-state index contributed by atoms with van der Waals surface area (Å²) in [5, 5.41) is 0. The summed E-state index contributed by atoms with van der Waals surface area (Å²) in [6.45, 7) is 6.54. The Balaban J connectivity index is 4.16. The van der Waals surface area contributed by atoms with Crippen molar-refractivity contribution in [2.75, 3.05) is 13.2 Å². The predicted molar refractivity (Wildman–Crippen MR) is 339 cm³/mol. The number of carbonyl (C=O) groups excluding carboxylic acids is 3. The molecule has 0 aliphatic heterocycles. The van der Waals surface area contributed by atoms with Crippen molar-refractivity contribution in [1.82, 2.24) is 0 Å². The van der Waals surface area contributed by atoms with E-state index in [4.69, 9.17) is 14.2 Å². The summed E-state index contributed by atoms with van der Waals surface area (Å²) in [5.41, 5.74) is 0. The fourth-order valence-electron chi connectivity index (χ4n) is 10.1. The quantitative estimate of drug-likeness (QED) is 0.0261. The number of hydrogen-bond donors (Lipinski definition) is 0. The van der Waals surface area contributed by atoms with Gasteiger partial charge in [0.15, 0.2) is 6.10 Å². The first-order valence-corrected chi connectivity index (χ1v) is 34.3. The summed E-state index contributed by atoms with van der Waals surface area (Å²) in [6, 6.07) is 0. The molecule has 0 aromatic rings. The Morgan fingerprint density at radius 2 is 0.500 bits per heavy atom. The van der Waals surface area contributed by atoms with Gasteiger partial charge in [-0.25, -0.2) is 0 Å². The van der Waals surface area contributed by atoms with Gasteiger partial charge in [0.1, 0.15) is 13.2 Å². The molecule has 0 fully saturated rings. The third-order valence-electron chi connectivity index (χ3n) is 15.2. The minimum Gasteiger partial charge on any atom is -0.462 e. The van der Waals surface area contributed by atoms with Gasteiger partial charge in [-0.05, 0) is 103 Å². The van der Waals surface area contributed by atoms with Crippen LogP contribution in [0, 0.1) is 0 Å². The molecule has 0 aromatic carbocycles. The van der Waals surface area contributed by atoms with Gasteiger partial charge < -0.3 is 14.2 Å². The van der Waals surface area contributed by atoms with Crippen molar-refractivity contribution in [1.29, 1.82) is 0 Å². The van der Waals surface area contributed by atoms with Crippen molar-refractivity contribution in [2.24, 2.45) is 0 Å². The molecule has 0 aromatic heterocycles. The molecule has 0 saturated heterocycles. The van der Waals surface area contributed by atoms with Crippen LogP contribution in [0.2, 0.25) is 0 Å². The lowest BCUT2D eigenvalue weighted by Crippen LogP contribution is -2.30. The minimum absolute atomic E-state index is 0.0809. The second kappa shape index (κ2) is 66.6. The Morgan fingerprint density at radius 1 is 0.269 bits per heavy atom. The lowest BCUT2D eigenvalue weighted by Gasteiger charge is -2.18. The molecule has 0 rings (SSSR count). The summed E-state index contributed by atoms with van der Waals surface area (Å²) in [7, 11) is 0. The van der Waals surface area contributed by atoms with E-state index in [0.29, 0.717) is 19.3 Å². The van der Waals surface area contributed by atoms with Gasteiger partial charge in [0.2, 0.25) is 0 Å². The van der Waals surface area contributed by atoms with Gasteiger partial charge in [-0.1, -0.05) is 300 Å². The Kier molecular flexibility index (Phi) is 64.2. The Bertz CT molecular complexity index is 1390. The topological polar surface area (TPSA) is 78.9 Å². The Hall–Kier alpha value is -2.89. The molecule has 1 atom stereocenters. The highest BCUT2D eigenvalue weighted by Crippen LogP contribution is 2.18. The Labute approximate surface area is 485 Å². The van der Waals surface area contributed by atoms with Gasteiger partial charge in [0, 0.05) is 19.3 Å². The number of carbonyl (C=O) groups is 3. The standard InChI is InChI=1S/C72H130O6/c1-4-7-10-13-16-19-22-25-28-29-30-31-32-33-34-35-36-37-38-39-40-41-42-43-45-47-50-53-56-59-62-65-71(74)77-68-69(67-76-70(73)64-61-58-55-52-49-46-27-24-21-18-15-12-9-6-3)78-72(75)66-63-60-57-54-51-48-44-26-23-20-17-14-11-8-5-2/h8,11,17,20,24,26-27,29-30,44,69H,4-7,9-10,12-16,18-19,21-23,25,28,31-43,45-68H2,1-3H3/b11-8-,20-17-,27-24-,30-29-,44-26-. The number of esters is 3. The van der Waals surface area contributed by atoms with Gasteiger partial charge in [0.05, 0.1) is 0 Å². The first-order valence-electron chi connectivity index (χ1n) is 34.3. The van der Waals surface area contributed by atoms with Crippen molar-refractivity contribution in [3.8, 4) is 0 Å².